The summed E-state index contributed by atoms with van der Waals surface area (Å²) in [6, 6.07) is 2.66. The molecule has 1 aliphatic rings. The van der Waals surface area contributed by atoms with Crippen LogP contribution < -0.4 is 4.72 Å². The van der Waals surface area contributed by atoms with Gasteiger partial charge in [-0.25, -0.2) is 8.42 Å². The topological polar surface area (TPSA) is 66.5 Å². The van der Waals surface area contributed by atoms with Gasteiger partial charge in [0.25, 0.3) is 10.0 Å². The number of nitrogens with zero attached hydrogens (tertiary/aromatic N) is 1. The minimum absolute atomic E-state index is 0.122. The fourth-order valence-electron chi connectivity index (χ4n) is 3.25. The highest BCUT2D eigenvalue weighted by molar-refractivity contribution is 7.91. The molecule has 5 nitrogen and oxygen atoms in total. The van der Waals surface area contributed by atoms with E-state index < -0.39 is 16.1 Å². The second kappa shape index (κ2) is 7.97. The first-order valence-corrected chi connectivity index (χ1v) is 10.9. The minimum atomic E-state index is -3.64. The first-order chi connectivity index (χ1) is 11.2. The van der Waals surface area contributed by atoms with Crippen LogP contribution in [0.2, 0.25) is 0 Å². The summed E-state index contributed by atoms with van der Waals surface area (Å²) in [4.78, 5) is 14.8. The van der Waals surface area contributed by atoms with Gasteiger partial charge in [0.1, 0.15) is 4.21 Å². The highest BCUT2D eigenvalue weighted by Gasteiger charge is 2.33. The summed E-state index contributed by atoms with van der Waals surface area (Å²) in [5, 5.41) is 1.71. The Morgan fingerprint density at radius 3 is 2.58 bits per heavy atom. The van der Waals surface area contributed by atoms with Gasteiger partial charge in [-0.3, -0.25) is 4.79 Å². The maximum Gasteiger partial charge on any atom is 0.250 e. The second-order valence-corrected chi connectivity index (χ2v) is 9.98. The van der Waals surface area contributed by atoms with Crippen molar-refractivity contribution in [2.45, 2.75) is 63.3 Å². The molecule has 0 saturated carbocycles. The van der Waals surface area contributed by atoms with Crippen molar-refractivity contribution in [1.82, 2.24) is 9.62 Å². The van der Waals surface area contributed by atoms with Crippen LogP contribution in [-0.4, -0.2) is 37.9 Å². The molecular weight excluding hydrogens is 344 g/mol. The summed E-state index contributed by atoms with van der Waals surface area (Å²) < 4.78 is 27.5. The number of likely N-dealkylation sites (tertiary alicyclic amines) is 1. The zero-order chi connectivity index (χ0) is 17.9. The highest BCUT2D eigenvalue weighted by Crippen LogP contribution is 2.26. The van der Waals surface area contributed by atoms with Gasteiger partial charge in [-0.15, -0.1) is 11.3 Å². The van der Waals surface area contributed by atoms with Crippen LogP contribution in [0.4, 0.5) is 0 Å². The highest BCUT2D eigenvalue weighted by atomic mass is 32.2. The van der Waals surface area contributed by atoms with E-state index in [1.807, 2.05) is 4.90 Å². The van der Waals surface area contributed by atoms with Crippen LogP contribution in [0, 0.1) is 11.8 Å². The van der Waals surface area contributed by atoms with Crippen LogP contribution in [0.15, 0.2) is 21.7 Å². The zero-order valence-electron chi connectivity index (χ0n) is 14.9. The minimum Gasteiger partial charge on any atom is -0.338 e. The van der Waals surface area contributed by atoms with E-state index in [1.165, 1.54) is 0 Å². The number of hydrogen-bond acceptors (Lipinski definition) is 4. The molecule has 1 aromatic heterocycles. The van der Waals surface area contributed by atoms with E-state index in [4.69, 9.17) is 0 Å². The first kappa shape index (κ1) is 19.4. The van der Waals surface area contributed by atoms with Gasteiger partial charge in [-0.2, -0.15) is 4.72 Å². The molecule has 3 unspecified atom stereocenters. The number of thiophene rings is 1. The number of hydrogen-bond donors (Lipinski definition) is 1. The molecule has 2 heterocycles. The van der Waals surface area contributed by atoms with Gasteiger partial charge in [0.05, 0.1) is 6.04 Å². The molecule has 136 valence electrons. The third kappa shape index (κ3) is 4.58. The van der Waals surface area contributed by atoms with Crippen molar-refractivity contribution in [3.05, 3.63) is 17.5 Å². The average molecular weight is 373 g/mol. The maximum atomic E-state index is 12.9. The van der Waals surface area contributed by atoms with Gasteiger partial charge in [-0.1, -0.05) is 26.8 Å². The van der Waals surface area contributed by atoms with Crippen molar-refractivity contribution in [3.8, 4) is 0 Å². The third-order valence-corrected chi connectivity index (χ3v) is 7.67. The molecule has 0 radical (unpaired) electrons. The van der Waals surface area contributed by atoms with Crippen LogP contribution in [0.5, 0.6) is 0 Å². The molecule has 0 aromatic carbocycles. The number of nitrogens with one attached hydrogen (secondary N) is 1. The number of amides is 1. The van der Waals surface area contributed by atoms with E-state index >= 15 is 0 Å². The Kier molecular flexibility index (Phi) is 6.45. The first-order valence-electron chi connectivity index (χ1n) is 8.58. The molecule has 0 spiro atoms. The smallest absolute Gasteiger partial charge is 0.250 e. The molecule has 1 amide bonds. The summed E-state index contributed by atoms with van der Waals surface area (Å²) in [6.07, 6.45) is 3.07. The van der Waals surface area contributed by atoms with E-state index in [-0.39, 0.29) is 16.2 Å². The third-order valence-electron chi connectivity index (χ3n) is 4.73. The molecule has 0 bridgehead atoms. The second-order valence-electron chi connectivity index (χ2n) is 7.09. The Hall–Kier alpha value is -0.920. The van der Waals surface area contributed by atoms with E-state index in [2.05, 4.69) is 25.5 Å². The summed E-state index contributed by atoms with van der Waals surface area (Å²) in [5.74, 6) is 0.838. The number of carbonyl (C=O) groups is 1. The average Bonchev–Trinajstić information content (AvgIpc) is 2.97. The molecule has 0 aliphatic carbocycles. The molecular formula is C17H28N2O3S2. The molecule has 1 aliphatic heterocycles. The predicted molar refractivity (Wildman–Crippen MR) is 97.5 cm³/mol. The van der Waals surface area contributed by atoms with Crippen LogP contribution in [-0.2, 0) is 14.8 Å². The predicted octanol–water partition coefficient (Wildman–Crippen LogP) is 3.09. The summed E-state index contributed by atoms with van der Waals surface area (Å²) in [5.41, 5.74) is 0. The largest absolute Gasteiger partial charge is 0.338 e. The van der Waals surface area contributed by atoms with Crippen molar-refractivity contribution >= 4 is 27.3 Å². The SMILES string of the molecule is CC1CCC(C(C)C)N(C(=O)C(C)NS(=O)(=O)c2cccs2)CC1. The van der Waals surface area contributed by atoms with Gasteiger partial charge in [0.2, 0.25) is 5.91 Å². The molecule has 1 aromatic rings. The molecule has 1 N–H and O–H groups in total. The molecule has 7 heteroatoms. The lowest BCUT2D eigenvalue weighted by Crippen LogP contribution is -2.51. The summed E-state index contributed by atoms with van der Waals surface area (Å²) in [7, 11) is -3.64. The van der Waals surface area contributed by atoms with Crippen LogP contribution >= 0.6 is 11.3 Å². The number of rotatable bonds is 5. The number of sulfonamides is 1. The Morgan fingerprint density at radius 1 is 1.29 bits per heavy atom. The fourth-order valence-corrected chi connectivity index (χ4v) is 5.46. The van der Waals surface area contributed by atoms with E-state index in [0.29, 0.717) is 18.4 Å². The van der Waals surface area contributed by atoms with E-state index in [1.54, 1.807) is 24.4 Å². The fraction of sp³-hybridized carbons (Fsp3) is 0.706. The number of carbonyl (C=O) groups excluding carboxylic acids is 1. The quantitative estimate of drug-likeness (QED) is 0.864. The van der Waals surface area contributed by atoms with Crippen molar-refractivity contribution in [1.29, 1.82) is 0 Å². The van der Waals surface area contributed by atoms with Crippen molar-refractivity contribution in [3.63, 3.8) is 0 Å². The molecule has 3 atom stereocenters. The van der Waals surface area contributed by atoms with E-state index in [0.717, 1.165) is 30.6 Å². The van der Waals surface area contributed by atoms with Gasteiger partial charge in [0.15, 0.2) is 0 Å². The van der Waals surface area contributed by atoms with Gasteiger partial charge in [0, 0.05) is 12.6 Å². The molecule has 1 fully saturated rings. The lowest BCUT2D eigenvalue weighted by atomic mass is 9.95. The summed E-state index contributed by atoms with van der Waals surface area (Å²) in [6.45, 7) is 8.81. The molecule has 24 heavy (non-hydrogen) atoms. The van der Waals surface area contributed by atoms with Crippen LogP contribution in [0.25, 0.3) is 0 Å². The Balaban J connectivity index is 2.13. The molecule has 1 saturated heterocycles. The Labute approximate surface area is 149 Å². The van der Waals surface area contributed by atoms with Gasteiger partial charge < -0.3 is 4.90 Å². The zero-order valence-corrected chi connectivity index (χ0v) is 16.5. The maximum absolute atomic E-state index is 12.9. The van der Waals surface area contributed by atoms with Crippen molar-refractivity contribution in [2.24, 2.45) is 11.8 Å². The van der Waals surface area contributed by atoms with Crippen molar-refractivity contribution in [2.75, 3.05) is 6.54 Å². The lowest BCUT2D eigenvalue weighted by Gasteiger charge is -2.34. The Bertz CT molecular complexity index is 641. The van der Waals surface area contributed by atoms with Gasteiger partial charge in [-0.05, 0) is 49.5 Å². The van der Waals surface area contributed by atoms with Gasteiger partial charge >= 0.3 is 0 Å². The normalized spacial score (nSPS) is 24.0. The lowest BCUT2D eigenvalue weighted by molar-refractivity contribution is -0.135. The van der Waals surface area contributed by atoms with Crippen LogP contribution in [0.1, 0.15) is 47.0 Å². The Morgan fingerprint density at radius 2 is 2.00 bits per heavy atom. The van der Waals surface area contributed by atoms with Crippen LogP contribution in [0.3, 0.4) is 0 Å². The van der Waals surface area contributed by atoms with E-state index in [9.17, 15) is 13.2 Å². The van der Waals surface area contributed by atoms with Crippen molar-refractivity contribution < 1.29 is 13.2 Å². The molecule has 2 rings (SSSR count). The standard InChI is InChI=1S/C17H28N2O3S2/c1-12(2)15-8-7-13(3)9-10-19(15)17(20)14(4)18-24(21,22)16-6-5-11-23-16/h5-6,11-15,18H,7-10H2,1-4H3. The monoisotopic (exact) mass is 372 g/mol. The summed E-state index contributed by atoms with van der Waals surface area (Å²) >= 11 is 1.15.